The van der Waals surface area contributed by atoms with Crippen molar-refractivity contribution in [3.8, 4) is 0 Å². The topological polar surface area (TPSA) is 33.2 Å². The third-order valence-electron chi connectivity index (χ3n) is 4.80. The summed E-state index contributed by atoms with van der Waals surface area (Å²) in [5.74, 6) is 0.288. The largest absolute Gasteiger partial charge is 0.331 e. The van der Waals surface area contributed by atoms with Gasteiger partial charge in [-0.25, -0.2) is 8.78 Å². The first kappa shape index (κ1) is 22.0. The predicted molar refractivity (Wildman–Crippen MR) is 117 cm³/mol. The quantitative estimate of drug-likeness (QED) is 0.435. The highest BCUT2D eigenvalue weighted by atomic mass is 32.2. The summed E-state index contributed by atoms with van der Waals surface area (Å²) in [4.78, 5) is 19.0. The highest BCUT2D eigenvalue weighted by molar-refractivity contribution is 7.99. The van der Waals surface area contributed by atoms with Crippen molar-refractivity contribution in [2.75, 3.05) is 5.75 Å². The molecular weight excluding hydrogens is 402 g/mol. The molecule has 1 unspecified atom stereocenters. The molecule has 0 saturated carbocycles. The molecule has 0 aliphatic heterocycles. The van der Waals surface area contributed by atoms with E-state index < -0.39 is 0 Å². The van der Waals surface area contributed by atoms with Crippen LogP contribution in [0, 0.1) is 11.6 Å². The summed E-state index contributed by atoms with van der Waals surface area (Å²) in [6.45, 7) is 2.28. The first-order valence-corrected chi connectivity index (χ1v) is 11.0. The summed E-state index contributed by atoms with van der Waals surface area (Å²) in [5, 5.41) is 0. The van der Waals surface area contributed by atoms with Gasteiger partial charge in [0.25, 0.3) is 0 Å². The highest BCUT2D eigenvalue weighted by Crippen LogP contribution is 2.28. The molecule has 0 fully saturated rings. The van der Waals surface area contributed by atoms with E-state index in [1.807, 2.05) is 25.1 Å². The number of carbonyl (C=O) groups is 1. The normalized spacial score (nSPS) is 11.8. The third kappa shape index (κ3) is 6.13. The standard InChI is InChI=1S/C24H24F2N2OS/c1-2-23(20-8-10-21(25)11-9-20)28(15-18-5-3-7-22(26)13-18)24(29)17-30-16-19-6-4-12-27-14-19/h3-14,23H,2,15-17H2,1H3. The molecule has 1 aromatic heterocycles. The van der Waals surface area contributed by atoms with Gasteiger partial charge in [0, 0.05) is 24.7 Å². The van der Waals surface area contributed by atoms with Gasteiger partial charge in [0.15, 0.2) is 0 Å². The zero-order valence-electron chi connectivity index (χ0n) is 16.8. The molecular formula is C24H24F2N2OS. The molecule has 0 radical (unpaired) electrons. The number of nitrogens with zero attached hydrogens (tertiary/aromatic N) is 2. The van der Waals surface area contributed by atoms with Crippen LogP contribution < -0.4 is 0 Å². The van der Waals surface area contributed by atoms with E-state index in [-0.39, 0.29) is 23.6 Å². The number of carbonyl (C=O) groups excluding carboxylic acids is 1. The first-order chi connectivity index (χ1) is 14.6. The number of thioether (sulfide) groups is 1. The number of hydrogen-bond acceptors (Lipinski definition) is 3. The summed E-state index contributed by atoms with van der Waals surface area (Å²) in [6, 6.07) is 16.1. The van der Waals surface area contributed by atoms with Gasteiger partial charge in [-0.15, -0.1) is 11.8 Å². The van der Waals surface area contributed by atoms with Crippen molar-refractivity contribution in [3.63, 3.8) is 0 Å². The number of halogens is 2. The van der Waals surface area contributed by atoms with E-state index in [9.17, 15) is 13.6 Å². The molecule has 6 heteroatoms. The number of amides is 1. The Balaban J connectivity index is 1.78. The van der Waals surface area contributed by atoms with Gasteiger partial charge in [-0.2, -0.15) is 0 Å². The van der Waals surface area contributed by atoms with Crippen LogP contribution in [0.25, 0.3) is 0 Å². The van der Waals surface area contributed by atoms with E-state index in [4.69, 9.17) is 0 Å². The van der Waals surface area contributed by atoms with Crippen LogP contribution in [0.5, 0.6) is 0 Å². The molecule has 0 aliphatic carbocycles. The Hall–Kier alpha value is -2.73. The molecule has 0 N–H and O–H groups in total. The predicted octanol–water partition coefficient (Wildman–Crippen LogP) is 5.77. The molecule has 0 saturated heterocycles. The maximum absolute atomic E-state index is 13.7. The van der Waals surface area contributed by atoms with Crippen LogP contribution in [0.4, 0.5) is 8.78 Å². The van der Waals surface area contributed by atoms with E-state index in [0.717, 1.165) is 16.7 Å². The van der Waals surface area contributed by atoms with E-state index in [2.05, 4.69) is 4.98 Å². The maximum Gasteiger partial charge on any atom is 0.233 e. The molecule has 1 heterocycles. The summed E-state index contributed by atoms with van der Waals surface area (Å²) in [7, 11) is 0. The van der Waals surface area contributed by atoms with Crippen molar-refractivity contribution >= 4 is 17.7 Å². The fourth-order valence-corrected chi connectivity index (χ4v) is 4.20. The average Bonchev–Trinajstić information content (AvgIpc) is 2.75. The van der Waals surface area contributed by atoms with Gasteiger partial charge in [0.05, 0.1) is 11.8 Å². The van der Waals surface area contributed by atoms with Crippen LogP contribution in [0.15, 0.2) is 73.1 Å². The fraction of sp³-hybridized carbons (Fsp3) is 0.250. The fourth-order valence-electron chi connectivity index (χ4n) is 3.35. The minimum absolute atomic E-state index is 0.0377. The Morgan fingerprint density at radius 1 is 1.03 bits per heavy atom. The second-order valence-electron chi connectivity index (χ2n) is 6.98. The molecule has 156 valence electrons. The Morgan fingerprint density at radius 2 is 1.80 bits per heavy atom. The molecule has 1 atom stereocenters. The number of benzene rings is 2. The van der Waals surface area contributed by atoms with E-state index in [0.29, 0.717) is 24.5 Å². The summed E-state index contributed by atoms with van der Waals surface area (Å²) >= 11 is 1.52. The van der Waals surface area contributed by atoms with Crippen molar-refractivity contribution < 1.29 is 13.6 Å². The second kappa shape index (κ2) is 10.9. The van der Waals surface area contributed by atoms with Crippen molar-refractivity contribution in [2.45, 2.75) is 31.7 Å². The van der Waals surface area contributed by atoms with Gasteiger partial charge in [0.2, 0.25) is 5.91 Å². The second-order valence-corrected chi connectivity index (χ2v) is 7.97. The molecule has 3 rings (SSSR count). The Bertz CT molecular complexity index is 951. The molecule has 2 aromatic carbocycles. The van der Waals surface area contributed by atoms with Crippen molar-refractivity contribution in [1.82, 2.24) is 9.88 Å². The average molecular weight is 427 g/mol. The van der Waals surface area contributed by atoms with Crippen molar-refractivity contribution in [2.24, 2.45) is 0 Å². The number of pyridine rings is 1. The van der Waals surface area contributed by atoms with Crippen LogP contribution >= 0.6 is 11.8 Å². The number of rotatable bonds is 9. The molecule has 3 nitrogen and oxygen atoms in total. The lowest BCUT2D eigenvalue weighted by Crippen LogP contribution is -2.35. The Labute approximate surface area is 180 Å². The lowest BCUT2D eigenvalue weighted by atomic mass is 10.0. The maximum atomic E-state index is 13.7. The SMILES string of the molecule is CCC(c1ccc(F)cc1)N(Cc1cccc(F)c1)C(=O)CSCc1cccnc1. The lowest BCUT2D eigenvalue weighted by molar-refractivity contribution is -0.131. The monoisotopic (exact) mass is 426 g/mol. The van der Waals surface area contributed by atoms with Crippen molar-refractivity contribution in [1.29, 1.82) is 0 Å². The van der Waals surface area contributed by atoms with E-state index >= 15 is 0 Å². The van der Waals surface area contributed by atoms with Crippen LogP contribution in [0.3, 0.4) is 0 Å². The summed E-state index contributed by atoms with van der Waals surface area (Å²) < 4.78 is 27.1. The van der Waals surface area contributed by atoms with E-state index in [1.54, 1.807) is 35.5 Å². The van der Waals surface area contributed by atoms with Gasteiger partial charge < -0.3 is 4.90 Å². The summed E-state index contributed by atoms with van der Waals surface area (Å²) in [5.41, 5.74) is 2.64. The minimum Gasteiger partial charge on any atom is -0.331 e. The Morgan fingerprint density at radius 3 is 2.47 bits per heavy atom. The van der Waals surface area contributed by atoms with Crippen LogP contribution in [0.2, 0.25) is 0 Å². The summed E-state index contributed by atoms with van der Waals surface area (Å²) in [6.07, 6.45) is 4.17. The molecule has 0 bridgehead atoms. The van der Waals surface area contributed by atoms with Crippen molar-refractivity contribution in [3.05, 3.63) is 101 Å². The van der Waals surface area contributed by atoms with Gasteiger partial charge in [0.1, 0.15) is 11.6 Å². The first-order valence-electron chi connectivity index (χ1n) is 9.83. The van der Waals surface area contributed by atoms with E-state index in [1.165, 1.54) is 36.0 Å². The van der Waals surface area contributed by atoms with Crippen LogP contribution in [0.1, 0.15) is 36.1 Å². The van der Waals surface area contributed by atoms with Gasteiger partial charge in [-0.3, -0.25) is 9.78 Å². The van der Waals surface area contributed by atoms with Gasteiger partial charge in [-0.05, 0) is 53.4 Å². The molecule has 0 spiro atoms. The highest BCUT2D eigenvalue weighted by Gasteiger charge is 2.24. The zero-order valence-corrected chi connectivity index (χ0v) is 17.6. The van der Waals surface area contributed by atoms with Crippen LogP contribution in [-0.2, 0) is 17.1 Å². The van der Waals surface area contributed by atoms with Gasteiger partial charge in [-0.1, -0.05) is 37.3 Å². The Kier molecular flexibility index (Phi) is 7.97. The smallest absolute Gasteiger partial charge is 0.233 e. The lowest BCUT2D eigenvalue weighted by Gasteiger charge is -2.32. The number of aromatic nitrogens is 1. The zero-order chi connectivity index (χ0) is 21.3. The minimum atomic E-state index is -0.333. The third-order valence-corrected chi connectivity index (χ3v) is 5.79. The molecule has 0 aliphatic rings. The molecule has 1 amide bonds. The van der Waals surface area contributed by atoms with Crippen LogP contribution in [-0.4, -0.2) is 21.5 Å². The van der Waals surface area contributed by atoms with Gasteiger partial charge >= 0.3 is 0 Å². The number of hydrogen-bond donors (Lipinski definition) is 0. The molecule has 30 heavy (non-hydrogen) atoms. The molecule has 3 aromatic rings.